The Labute approximate surface area is 109 Å². The molecular formula is C13H14F2N2S. The molecule has 0 bridgehead atoms. The first-order valence-electron chi connectivity index (χ1n) is 5.64. The molecule has 0 spiro atoms. The first kappa shape index (κ1) is 13.1. The monoisotopic (exact) mass is 268 g/mol. The molecule has 0 fully saturated rings. The molecule has 1 N–H and O–H groups in total. The lowest BCUT2D eigenvalue weighted by molar-refractivity contribution is 0.151. The second-order valence-electron chi connectivity index (χ2n) is 4.03. The summed E-state index contributed by atoms with van der Waals surface area (Å²) in [6.45, 7) is 3.32. The molecule has 1 aromatic carbocycles. The van der Waals surface area contributed by atoms with Gasteiger partial charge in [0.05, 0.1) is 0 Å². The summed E-state index contributed by atoms with van der Waals surface area (Å²) in [6.07, 6.45) is -2.40. The average Bonchev–Trinajstić information content (AvgIpc) is 2.76. The van der Waals surface area contributed by atoms with E-state index in [1.54, 1.807) is 23.5 Å². The zero-order valence-corrected chi connectivity index (χ0v) is 10.8. The van der Waals surface area contributed by atoms with Crippen molar-refractivity contribution in [2.24, 2.45) is 0 Å². The molecule has 0 unspecified atom stereocenters. The Hall–Kier alpha value is -1.33. The number of rotatable bonds is 5. The highest BCUT2D eigenvalue weighted by atomic mass is 32.1. The predicted molar refractivity (Wildman–Crippen MR) is 68.8 cm³/mol. The summed E-state index contributed by atoms with van der Waals surface area (Å²) in [6, 6.07) is 6.38. The molecular weight excluding hydrogens is 254 g/mol. The van der Waals surface area contributed by atoms with Gasteiger partial charge in [0, 0.05) is 29.7 Å². The topological polar surface area (TPSA) is 24.9 Å². The van der Waals surface area contributed by atoms with Crippen LogP contribution < -0.4 is 5.32 Å². The molecule has 2 aromatic rings. The zero-order valence-electron chi connectivity index (χ0n) is 9.99. The largest absolute Gasteiger partial charge is 0.306 e. The van der Waals surface area contributed by atoms with Crippen molar-refractivity contribution in [3.05, 3.63) is 51.5 Å². The molecule has 0 aliphatic carbocycles. The van der Waals surface area contributed by atoms with Gasteiger partial charge in [0.25, 0.3) is 6.43 Å². The standard InChI is InChI=1S/C13H14F2N2S/c1-9-8-18-12(17-9)7-16-6-10-2-4-11(5-3-10)13(14)15/h2-5,8,13,16H,6-7H2,1H3. The smallest absolute Gasteiger partial charge is 0.263 e. The summed E-state index contributed by atoms with van der Waals surface area (Å²) in [5.74, 6) is 0. The quantitative estimate of drug-likeness (QED) is 0.894. The van der Waals surface area contributed by atoms with Crippen LogP contribution in [0.15, 0.2) is 29.6 Å². The van der Waals surface area contributed by atoms with Gasteiger partial charge in [-0.1, -0.05) is 24.3 Å². The summed E-state index contributed by atoms with van der Waals surface area (Å²) < 4.78 is 24.7. The number of halogens is 2. The summed E-state index contributed by atoms with van der Waals surface area (Å²) in [7, 11) is 0. The van der Waals surface area contributed by atoms with Crippen LogP contribution in [-0.4, -0.2) is 4.98 Å². The zero-order chi connectivity index (χ0) is 13.0. The third kappa shape index (κ3) is 3.58. The van der Waals surface area contributed by atoms with E-state index in [4.69, 9.17) is 0 Å². The molecule has 96 valence electrons. The Morgan fingerprint density at radius 2 is 1.94 bits per heavy atom. The van der Waals surface area contributed by atoms with E-state index in [1.165, 1.54) is 12.1 Å². The van der Waals surface area contributed by atoms with Gasteiger partial charge < -0.3 is 5.32 Å². The molecule has 0 saturated heterocycles. The lowest BCUT2D eigenvalue weighted by Crippen LogP contribution is -2.12. The van der Waals surface area contributed by atoms with Crippen LogP contribution in [0.25, 0.3) is 0 Å². The highest BCUT2D eigenvalue weighted by Gasteiger charge is 2.05. The first-order chi connectivity index (χ1) is 8.65. The van der Waals surface area contributed by atoms with Crippen molar-refractivity contribution in [2.45, 2.75) is 26.4 Å². The summed E-state index contributed by atoms with van der Waals surface area (Å²) in [4.78, 5) is 4.34. The Kier molecular flexibility index (Phi) is 4.38. The highest BCUT2D eigenvalue weighted by molar-refractivity contribution is 7.09. The third-order valence-corrected chi connectivity index (χ3v) is 3.47. The number of alkyl halides is 2. The van der Waals surface area contributed by atoms with E-state index in [0.717, 1.165) is 16.3 Å². The molecule has 18 heavy (non-hydrogen) atoms. The number of nitrogens with zero attached hydrogens (tertiary/aromatic N) is 1. The van der Waals surface area contributed by atoms with Crippen LogP contribution in [0.2, 0.25) is 0 Å². The van der Waals surface area contributed by atoms with Crippen LogP contribution in [0.4, 0.5) is 8.78 Å². The van der Waals surface area contributed by atoms with Crippen LogP contribution in [0.5, 0.6) is 0 Å². The van der Waals surface area contributed by atoms with Crippen LogP contribution in [0.3, 0.4) is 0 Å². The summed E-state index contributed by atoms with van der Waals surface area (Å²) in [5.41, 5.74) is 2.08. The van der Waals surface area contributed by atoms with Gasteiger partial charge in [0.2, 0.25) is 0 Å². The number of hydrogen-bond acceptors (Lipinski definition) is 3. The lowest BCUT2D eigenvalue weighted by Gasteiger charge is -2.04. The maximum absolute atomic E-state index is 12.4. The Balaban J connectivity index is 1.83. The molecule has 0 aliphatic heterocycles. The Morgan fingerprint density at radius 3 is 2.50 bits per heavy atom. The fraction of sp³-hybridized carbons (Fsp3) is 0.308. The number of aryl methyl sites for hydroxylation is 1. The molecule has 0 amide bonds. The lowest BCUT2D eigenvalue weighted by atomic mass is 10.1. The van der Waals surface area contributed by atoms with E-state index >= 15 is 0 Å². The van der Waals surface area contributed by atoms with Gasteiger partial charge in [-0.15, -0.1) is 11.3 Å². The van der Waals surface area contributed by atoms with Crippen LogP contribution in [0, 0.1) is 6.92 Å². The van der Waals surface area contributed by atoms with Crippen molar-refractivity contribution in [1.82, 2.24) is 10.3 Å². The van der Waals surface area contributed by atoms with E-state index < -0.39 is 6.43 Å². The molecule has 5 heteroatoms. The van der Waals surface area contributed by atoms with E-state index in [0.29, 0.717) is 13.1 Å². The number of nitrogens with one attached hydrogen (secondary N) is 1. The summed E-state index contributed by atoms with van der Waals surface area (Å²) >= 11 is 1.62. The number of benzene rings is 1. The van der Waals surface area contributed by atoms with Crippen LogP contribution in [-0.2, 0) is 13.1 Å². The van der Waals surface area contributed by atoms with Gasteiger partial charge in [-0.2, -0.15) is 0 Å². The number of hydrogen-bond donors (Lipinski definition) is 1. The molecule has 2 rings (SSSR count). The van der Waals surface area contributed by atoms with Gasteiger partial charge in [-0.3, -0.25) is 0 Å². The molecule has 1 heterocycles. The molecule has 0 atom stereocenters. The van der Waals surface area contributed by atoms with Crippen molar-refractivity contribution in [3.63, 3.8) is 0 Å². The molecule has 1 aromatic heterocycles. The minimum Gasteiger partial charge on any atom is -0.306 e. The Bertz CT molecular complexity index is 494. The minimum atomic E-state index is -2.40. The molecule has 0 aliphatic rings. The van der Waals surface area contributed by atoms with E-state index in [1.807, 2.05) is 12.3 Å². The average molecular weight is 268 g/mol. The van der Waals surface area contributed by atoms with Gasteiger partial charge in [0.1, 0.15) is 5.01 Å². The van der Waals surface area contributed by atoms with Gasteiger partial charge in [-0.25, -0.2) is 13.8 Å². The second kappa shape index (κ2) is 6.02. The van der Waals surface area contributed by atoms with Gasteiger partial charge in [0.15, 0.2) is 0 Å². The summed E-state index contributed by atoms with van der Waals surface area (Å²) in [5, 5.41) is 6.29. The van der Waals surface area contributed by atoms with Crippen molar-refractivity contribution in [3.8, 4) is 0 Å². The predicted octanol–water partition coefficient (Wildman–Crippen LogP) is 3.68. The Morgan fingerprint density at radius 1 is 1.22 bits per heavy atom. The van der Waals surface area contributed by atoms with Crippen molar-refractivity contribution < 1.29 is 8.78 Å². The van der Waals surface area contributed by atoms with Crippen molar-refractivity contribution >= 4 is 11.3 Å². The fourth-order valence-corrected chi connectivity index (χ4v) is 2.32. The molecule has 2 nitrogen and oxygen atoms in total. The second-order valence-corrected chi connectivity index (χ2v) is 4.97. The number of aromatic nitrogens is 1. The van der Waals surface area contributed by atoms with E-state index in [2.05, 4.69) is 10.3 Å². The maximum atomic E-state index is 12.4. The highest BCUT2D eigenvalue weighted by Crippen LogP contribution is 2.18. The minimum absolute atomic E-state index is 0.0642. The van der Waals surface area contributed by atoms with Gasteiger partial charge in [-0.05, 0) is 12.5 Å². The number of thiazole rings is 1. The van der Waals surface area contributed by atoms with E-state index in [-0.39, 0.29) is 5.56 Å². The molecule has 0 radical (unpaired) electrons. The third-order valence-electron chi connectivity index (χ3n) is 2.50. The van der Waals surface area contributed by atoms with Crippen LogP contribution >= 0.6 is 11.3 Å². The maximum Gasteiger partial charge on any atom is 0.263 e. The normalized spacial score (nSPS) is 11.1. The first-order valence-corrected chi connectivity index (χ1v) is 6.52. The van der Waals surface area contributed by atoms with Crippen molar-refractivity contribution in [2.75, 3.05) is 0 Å². The van der Waals surface area contributed by atoms with E-state index in [9.17, 15) is 8.78 Å². The van der Waals surface area contributed by atoms with Crippen molar-refractivity contribution in [1.29, 1.82) is 0 Å². The van der Waals surface area contributed by atoms with Crippen LogP contribution in [0.1, 0.15) is 28.3 Å². The molecule has 0 saturated carbocycles. The SMILES string of the molecule is Cc1csc(CNCc2ccc(C(F)F)cc2)n1. The van der Waals surface area contributed by atoms with Gasteiger partial charge >= 0.3 is 0 Å². The fourth-order valence-electron chi connectivity index (χ4n) is 1.58.